The predicted molar refractivity (Wildman–Crippen MR) is 79.1 cm³/mol. The van der Waals surface area contributed by atoms with Gasteiger partial charge < -0.3 is 4.98 Å². The molecule has 0 amide bonds. The lowest BCUT2D eigenvalue weighted by Crippen LogP contribution is -2.40. The molecular formula is C16H22FN3. The molecule has 1 aromatic heterocycles. The van der Waals surface area contributed by atoms with E-state index in [1.165, 1.54) is 31.4 Å². The number of aromatic amines is 1. The Morgan fingerprint density at radius 3 is 3.05 bits per heavy atom. The van der Waals surface area contributed by atoms with Crippen molar-refractivity contribution >= 4 is 11.0 Å². The lowest BCUT2D eigenvalue weighted by molar-refractivity contribution is 0.0979. The maximum Gasteiger partial charge on any atom is 0.125 e. The summed E-state index contributed by atoms with van der Waals surface area (Å²) < 4.78 is 13.3. The molecule has 0 spiro atoms. The van der Waals surface area contributed by atoms with E-state index in [0.29, 0.717) is 12.1 Å². The first kappa shape index (κ1) is 13.6. The molecule has 1 N–H and O–H groups in total. The number of nitrogens with one attached hydrogen (secondary N) is 1. The van der Waals surface area contributed by atoms with Gasteiger partial charge in [0.15, 0.2) is 0 Å². The van der Waals surface area contributed by atoms with Crippen molar-refractivity contribution in [3.8, 4) is 0 Å². The monoisotopic (exact) mass is 275 g/mol. The van der Waals surface area contributed by atoms with Gasteiger partial charge in [-0.05, 0) is 50.9 Å². The number of H-pyrrole nitrogens is 1. The fourth-order valence-corrected chi connectivity index (χ4v) is 3.33. The Kier molecular flexibility index (Phi) is 3.74. The van der Waals surface area contributed by atoms with Crippen LogP contribution in [0.15, 0.2) is 18.2 Å². The summed E-state index contributed by atoms with van der Waals surface area (Å²) in [5, 5.41) is 0. The fraction of sp³-hybridized carbons (Fsp3) is 0.562. The van der Waals surface area contributed by atoms with Crippen LogP contribution in [0.3, 0.4) is 0 Å². The van der Waals surface area contributed by atoms with Gasteiger partial charge in [-0.1, -0.05) is 13.3 Å². The first-order valence-electron chi connectivity index (χ1n) is 7.60. The topological polar surface area (TPSA) is 31.9 Å². The van der Waals surface area contributed by atoms with Gasteiger partial charge in [-0.2, -0.15) is 0 Å². The molecule has 1 aromatic carbocycles. The van der Waals surface area contributed by atoms with Crippen molar-refractivity contribution in [1.29, 1.82) is 0 Å². The first-order valence-corrected chi connectivity index (χ1v) is 7.60. The third-order valence-electron chi connectivity index (χ3n) is 4.42. The minimum atomic E-state index is -0.216. The molecule has 2 atom stereocenters. The van der Waals surface area contributed by atoms with E-state index < -0.39 is 0 Å². The molecular weight excluding hydrogens is 253 g/mol. The van der Waals surface area contributed by atoms with Gasteiger partial charge in [0.05, 0.1) is 17.1 Å². The fourth-order valence-electron chi connectivity index (χ4n) is 3.33. The molecule has 0 radical (unpaired) electrons. The number of hydrogen-bond donors (Lipinski definition) is 1. The highest BCUT2D eigenvalue weighted by atomic mass is 19.1. The van der Waals surface area contributed by atoms with Crippen molar-refractivity contribution in [3.63, 3.8) is 0 Å². The van der Waals surface area contributed by atoms with Gasteiger partial charge >= 0.3 is 0 Å². The largest absolute Gasteiger partial charge is 0.341 e. The quantitative estimate of drug-likeness (QED) is 0.917. The maximum absolute atomic E-state index is 13.3. The van der Waals surface area contributed by atoms with Crippen LogP contribution >= 0.6 is 0 Å². The Morgan fingerprint density at radius 1 is 1.45 bits per heavy atom. The lowest BCUT2D eigenvalue weighted by atomic mass is 10.00. The Morgan fingerprint density at radius 2 is 2.30 bits per heavy atom. The van der Waals surface area contributed by atoms with E-state index in [2.05, 4.69) is 28.7 Å². The van der Waals surface area contributed by atoms with Gasteiger partial charge in [-0.3, -0.25) is 4.90 Å². The van der Waals surface area contributed by atoms with Crippen LogP contribution in [0.4, 0.5) is 4.39 Å². The van der Waals surface area contributed by atoms with Crippen molar-refractivity contribution in [1.82, 2.24) is 14.9 Å². The number of piperidine rings is 1. The minimum absolute atomic E-state index is 0.216. The van der Waals surface area contributed by atoms with Gasteiger partial charge in [0, 0.05) is 6.04 Å². The van der Waals surface area contributed by atoms with Crippen LogP contribution in [0.1, 0.15) is 51.4 Å². The molecule has 1 saturated heterocycles. The molecule has 20 heavy (non-hydrogen) atoms. The van der Waals surface area contributed by atoms with E-state index in [9.17, 15) is 4.39 Å². The van der Waals surface area contributed by atoms with Crippen molar-refractivity contribution in [2.24, 2.45) is 0 Å². The Hall–Kier alpha value is -1.42. The molecule has 2 heterocycles. The Labute approximate surface area is 119 Å². The second-order valence-electron chi connectivity index (χ2n) is 5.79. The third kappa shape index (κ3) is 2.44. The number of benzene rings is 1. The smallest absolute Gasteiger partial charge is 0.125 e. The summed E-state index contributed by atoms with van der Waals surface area (Å²) >= 11 is 0. The van der Waals surface area contributed by atoms with E-state index in [1.54, 1.807) is 6.07 Å². The summed E-state index contributed by atoms with van der Waals surface area (Å²) in [7, 11) is 0. The molecule has 2 unspecified atom stereocenters. The maximum atomic E-state index is 13.3. The molecule has 4 heteroatoms. The van der Waals surface area contributed by atoms with E-state index >= 15 is 0 Å². The molecule has 0 bridgehead atoms. The summed E-state index contributed by atoms with van der Waals surface area (Å²) in [4.78, 5) is 10.5. The molecule has 0 aliphatic carbocycles. The van der Waals surface area contributed by atoms with Crippen LogP contribution in [0, 0.1) is 5.82 Å². The zero-order chi connectivity index (χ0) is 14.1. The number of likely N-dealkylation sites (tertiary alicyclic amines) is 1. The van der Waals surface area contributed by atoms with Crippen LogP contribution in [0.25, 0.3) is 11.0 Å². The highest BCUT2D eigenvalue weighted by molar-refractivity contribution is 5.75. The van der Waals surface area contributed by atoms with Crippen molar-refractivity contribution in [3.05, 3.63) is 29.8 Å². The first-order chi connectivity index (χ1) is 9.69. The molecule has 2 aromatic rings. The predicted octanol–water partition coefficient (Wildman–Crippen LogP) is 4.03. The van der Waals surface area contributed by atoms with Gasteiger partial charge in [0.1, 0.15) is 11.6 Å². The van der Waals surface area contributed by atoms with Gasteiger partial charge in [0.2, 0.25) is 0 Å². The zero-order valence-electron chi connectivity index (χ0n) is 12.2. The van der Waals surface area contributed by atoms with Crippen LogP contribution in [-0.2, 0) is 0 Å². The highest BCUT2D eigenvalue weighted by Crippen LogP contribution is 2.30. The van der Waals surface area contributed by atoms with Crippen LogP contribution < -0.4 is 0 Å². The SMILES string of the molecule is CCC(c1nc2ccc(F)cc2[nH]1)N1CCCCC1C. The standard InChI is InChI=1S/C16H22FN3/c1-3-15(20-9-5-4-6-11(20)2)16-18-13-8-7-12(17)10-14(13)19-16/h7-8,10-11,15H,3-6,9H2,1-2H3,(H,18,19). The number of hydrogen-bond acceptors (Lipinski definition) is 2. The van der Waals surface area contributed by atoms with E-state index in [-0.39, 0.29) is 5.82 Å². The molecule has 3 rings (SSSR count). The molecule has 108 valence electrons. The van der Waals surface area contributed by atoms with E-state index in [4.69, 9.17) is 0 Å². The second-order valence-corrected chi connectivity index (χ2v) is 5.79. The normalized spacial score (nSPS) is 22.2. The third-order valence-corrected chi connectivity index (χ3v) is 4.42. The number of fused-ring (bicyclic) bond motifs is 1. The number of halogens is 1. The summed E-state index contributed by atoms with van der Waals surface area (Å²) in [5.74, 6) is 0.758. The Balaban J connectivity index is 1.94. The number of rotatable bonds is 3. The van der Waals surface area contributed by atoms with Crippen LogP contribution in [-0.4, -0.2) is 27.5 Å². The van der Waals surface area contributed by atoms with Crippen molar-refractivity contribution < 1.29 is 4.39 Å². The Bertz CT molecular complexity index is 592. The number of nitrogens with zero attached hydrogens (tertiary/aromatic N) is 2. The van der Waals surface area contributed by atoms with Crippen molar-refractivity contribution in [2.45, 2.75) is 51.6 Å². The summed E-state index contributed by atoms with van der Waals surface area (Å²) in [5.41, 5.74) is 1.65. The van der Waals surface area contributed by atoms with Gasteiger partial charge in [-0.15, -0.1) is 0 Å². The molecule has 3 nitrogen and oxygen atoms in total. The molecule has 1 aliphatic heterocycles. The summed E-state index contributed by atoms with van der Waals surface area (Å²) in [6.07, 6.45) is 4.85. The number of imidazole rings is 1. The van der Waals surface area contributed by atoms with Gasteiger partial charge in [-0.25, -0.2) is 9.37 Å². The molecule has 1 aliphatic rings. The highest BCUT2D eigenvalue weighted by Gasteiger charge is 2.28. The van der Waals surface area contributed by atoms with E-state index in [0.717, 1.165) is 29.8 Å². The summed E-state index contributed by atoms with van der Waals surface area (Å²) in [6.45, 7) is 5.62. The van der Waals surface area contributed by atoms with Crippen molar-refractivity contribution in [2.75, 3.05) is 6.54 Å². The average molecular weight is 275 g/mol. The molecule has 1 fully saturated rings. The lowest BCUT2D eigenvalue weighted by Gasteiger charge is -2.38. The zero-order valence-corrected chi connectivity index (χ0v) is 12.2. The van der Waals surface area contributed by atoms with Crippen LogP contribution in [0.5, 0.6) is 0 Å². The summed E-state index contributed by atoms with van der Waals surface area (Å²) in [6, 6.07) is 5.64. The molecule has 0 saturated carbocycles. The number of aromatic nitrogens is 2. The second kappa shape index (κ2) is 5.52. The average Bonchev–Trinajstić information content (AvgIpc) is 2.84. The van der Waals surface area contributed by atoms with Crippen LogP contribution in [0.2, 0.25) is 0 Å². The minimum Gasteiger partial charge on any atom is -0.341 e. The van der Waals surface area contributed by atoms with E-state index in [1.807, 2.05) is 0 Å². The van der Waals surface area contributed by atoms with Gasteiger partial charge in [0.25, 0.3) is 0 Å².